The van der Waals surface area contributed by atoms with E-state index in [0.29, 0.717) is 22.7 Å². The summed E-state index contributed by atoms with van der Waals surface area (Å²) in [5.41, 5.74) is 3.09. The maximum absolute atomic E-state index is 14.2. The lowest BCUT2D eigenvalue weighted by Gasteiger charge is -2.49. The van der Waals surface area contributed by atoms with Gasteiger partial charge >= 0.3 is 11.6 Å². The number of allylic oxidation sites excluding steroid dienone is 1. The van der Waals surface area contributed by atoms with Crippen molar-refractivity contribution in [3.63, 3.8) is 0 Å². The van der Waals surface area contributed by atoms with E-state index in [2.05, 4.69) is 5.32 Å². The molecular weight excluding hydrogens is 653 g/mol. The molecule has 2 atom stereocenters. The summed E-state index contributed by atoms with van der Waals surface area (Å²) in [4.78, 5) is 53.9. The highest BCUT2D eigenvalue weighted by molar-refractivity contribution is 8.00. The monoisotopic (exact) mass is 684 g/mol. The molecule has 1 saturated heterocycles. The van der Waals surface area contributed by atoms with Crippen molar-refractivity contribution in [1.82, 2.24) is 10.2 Å². The molecule has 1 N–H and O–H groups in total. The summed E-state index contributed by atoms with van der Waals surface area (Å²) < 4.78 is 17.4. The van der Waals surface area contributed by atoms with Crippen LogP contribution >= 0.6 is 11.8 Å². The van der Waals surface area contributed by atoms with Gasteiger partial charge < -0.3 is 19.2 Å². The van der Waals surface area contributed by atoms with Crippen LogP contribution in [0.1, 0.15) is 22.8 Å². The number of benzene rings is 4. The van der Waals surface area contributed by atoms with Crippen LogP contribution in [-0.2, 0) is 25.5 Å². The van der Waals surface area contributed by atoms with Crippen LogP contribution in [0.25, 0.3) is 11.0 Å². The van der Waals surface area contributed by atoms with Crippen LogP contribution in [0.4, 0.5) is 0 Å². The number of fused-ring (bicyclic) bond motifs is 2. The average molecular weight is 685 g/mol. The van der Waals surface area contributed by atoms with Crippen molar-refractivity contribution < 1.29 is 28.3 Å². The lowest BCUT2D eigenvalue weighted by molar-refractivity contribution is -0.154. The van der Waals surface area contributed by atoms with Crippen LogP contribution in [0.15, 0.2) is 154 Å². The Hall–Kier alpha value is -5.87. The number of thioether (sulfide) groups is 1. The van der Waals surface area contributed by atoms with Crippen molar-refractivity contribution >= 4 is 40.5 Å². The van der Waals surface area contributed by atoms with Crippen LogP contribution in [-0.4, -0.2) is 46.5 Å². The van der Waals surface area contributed by atoms with Gasteiger partial charge in [0.15, 0.2) is 6.10 Å². The standard InChI is InChI=1S/C40H32N2O7S/c43-33(23-26-11-4-1-5-12-26)41-35-38(45)42-36(40(46)49-37(28-13-6-2-7-14-28)29-15-8-3-9-16-29)30(25-50-39(35)42)17-10-22-47-31-20-18-27-19-21-34(44)48-32(27)24-31/h1-21,24,35,37,39H,22-23,25H2,(H,41,43)/b17-10+/t35-,39-/m1/s1. The first-order valence-electron chi connectivity index (χ1n) is 16.1. The number of rotatable bonds is 11. The smallest absolute Gasteiger partial charge is 0.356 e. The summed E-state index contributed by atoms with van der Waals surface area (Å²) in [7, 11) is 0. The van der Waals surface area contributed by atoms with Crippen molar-refractivity contribution in [3.8, 4) is 5.75 Å². The van der Waals surface area contributed by atoms with E-state index in [0.717, 1.165) is 22.1 Å². The van der Waals surface area contributed by atoms with Gasteiger partial charge in [-0.05, 0) is 46.5 Å². The van der Waals surface area contributed by atoms with E-state index in [1.807, 2.05) is 91.0 Å². The molecule has 7 rings (SSSR count). The summed E-state index contributed by atoms with van der Waals surface area (Å²) >= 11 is 1.46. The summed E-state index contributed by atoms with van der Waals surface area (Å²) in [5, 5.41) is 3.17. The minimum absolute atomic E-state index is 0.132. The molecule has 4 aromatic carbocycles. The highest BCUT2D eigenvalue weighted by atomic mass is 32.2. The molecule has 2 aliphatic rings. The fourth-order valence-electron chi connectivity index (χ4n) is 5.98. The van der Waals surface area contributed by atoms with Crippen LogP contribution in [0.5, 0.6) is 5.75 Å². The van der Waals surface area contributed by atoms with E-state index >= 15 is 0 Å². The zero-order chi connectivity index (χ0) is 34.5. The largest absolute Gasteiger partial charge is 0.489 e. The number of hydrogen-bond acceptors (Lipinski definition) is 8. The van der Waals surface area contributed by atoms with Crippen molar-refractivity contribution in [1.29, 1.82) is 0 Å². The molecule has 5 aromatic rings. The predicted octanol–water partition coefficient (Wildman–Crippen LogP) is 5.96. The zero-order valence-corrected chi connectivity index (χ0v) is 27.6. The number of esters is 1. The van der Waals surface area contributed by atoms with E-state index < -0.39 is 29.1 Å². The number of carbonyl (C=O) groups is 3. The van der Waals surface area contributed by atoms with E-state index in [1.54, 1.807) is 36.4 Å². The molecule has 9 nitrogen and oxygen atoms in total. The molecule has 2 aliphatic heterocycles. The molecule has 10 heteroatoms. The van der Waals surface area contributed by atoms with Crippen LogP contribution < -0.4 is 15.7 Å². The SMILES string of the molecule is O=C(Cc1ccccc1)N[C@@H]1C(=O)N2C(C(=O)OC(c3ccccc3)c3ccccc3)=C(/C=C/COc3ccc4ccc(=O)oc4c3)CS[C@H]12. The Balaban J connectivity index is 1.14. The first kappa shape index (κ1) is 32.7. The first-order chi connectivity index (χ1) is 24.4. The Labute approximate surface area is 292 Å². The van der Waals surface area contributed by atoms with E-state index in [-0.39, 0.29) is 30.5 Å². The van der Waals surface area contributed by atoms with Gasteiger partial charge in [0.1, 0.15) is 35.1 Å². The number of β-lactam (4-membered cyclic amide) rings is 1. The van der Waals surface area contributed by atoms with Gasteiger partial charge in [-0.15, -0.1) is 11.8 Å². The van der Waals surface area contributed by atoms with Gasteiger partial charge in [0.05, 0.1) is 6.42 Å². The second-order valence-electron chi connectivity index (χ2n) is 11.8. The minimum atomic E-state index is -0.778. The summed E-state index contributed by atoms with van der Waals surface area (Å²) in [5.74, 6) is -0.411. The highest BCUT2D eigenvalue weighted by Gasteiger charge is 2.54. The van der Waals surface area contributed by atoms with Crippen molar-refractivity contribution in [2.75, 3.05) is 12.4 Å². The molecule has 0 spiro atoms. The molecule has 1 aromatic heterocycles. The number of nitrogens with one attached hydrogen (secondary N) is 1. The van der Waals surface area contributed by atoms with Crippen molar-refractivity contribution in [2.45, 2.75) is 23.9 Å². The van der Waals surface area contributed by atoms with Gasteiger partial charge in [-0.3, -0.25) is 14.5 Å². The van der Waals surface area contributed by atoms with Gasteiger partial charge in [-0.1, -0.05) is 97.1 Å². The third-order valence-electron chi connectivity index (χ3n) is 8.40. The molecule has 50 heavy (non-hydrogen) atoms. The summed E-state index contributed by atoms with van der Waals surface area (Å²) in [6.07, 6.45) is 2.93. The number of amides is 2. The van der Waals surface area contributed by atoms with Crippen molar-refractivity contribution in [3.05, 3.63) is 172 Å². The first-order valence-corrected chi connectivity index (χ1v) is 17.1. The summed E-state index contributed by atoms with van der Waals surface area (Å²) in [6.45, 7) is 0.144. The second kappa shape index (κ2) is 14.7. The van der Waals surface area contributed by atoms with Crippen molar-refractivity contribution in [2.24, 2.45) is 0 Å². The molecule has 0 unspecified atom stereocenters. The Kier molecular flexibility index (Phi) is 9.61. The lowest BCUT2D eigenvalue weighted by atomic mass is 10.00. The number of ether oxygens (including phenoxy) is 2. The van der Waals surface area contributed by atoms with E-state index in [1.165, 1.54) is 22.7 Å². The Morgan fingerprint density at radius 1 is 0.880 bits per heavy atom. The number of nitrogens with zero attached hydrogens (tertiary/aromatic N) is 1. The lowest BCUT2D eigenvalue weighted by Crippen LogP contribution is -2.70. The topological polar surface area (TPSA) is 115 Å². The molecule has 2 amide bonds. The number of hydrogen-bond donors (Lipinski definition) is 1. The fraction of sp³-hybridized carbons (Fsp3) is 0.150. The van der Waals surface area contributed by atoms with Crippen LogP contribution in [0.2, 0.25) is 0 Å². The second-order valence-corrected chi connectivity index (χ2v) is 12.9. The molecular formula is C40H32N2O7S. The fourth-order valence-corrected chi connectivity index (χ4v) is 7.30. The Bertz CT molecular complexity index is 2110. The summed E-state index contributed by atoms with van der Waals surface area (Å²) in [6, 6.07) is 35.7. The normalized spacial score (nSPS) is 17.1. The predicted molar refractivity (Wildman–Crippen MR) is 190 cm³/mol. The third kappa shape index (κ3) is 7.11. The van der Waals surface area contributed by atoms with E-state index in [4.69, 9.17) is 13.9 Å². The molecule has 0 aliphatic carbocycles. The number of carbonyl (C=O) groups excluding carboxylic acids is 3. The Morgan fingerprint density at radius 2 is 1.54 bits per heavy atom. The van der Waals surface area contributed by atoms with Gasteiger partial charge in [0, 0.05) is 23.3 Å². The zero-order valence-electron chi connectivity index (χ0n) is 26.8. The van der Waals surface area contributed by atoms with Gasteiger partial charge in [0.2, 0.25) is 5.91 Å². The van der Waals surface area contributed by atoms with Crippen LogP contribution in [0, 0.1) is 0 Å². The maximum Gasteiger partial charge on any atom is 0.356 e. The molecule has 0 saturated carbocycles. The molecule has 0 bridgehead atoms. The highest BCUT2D eigenvalue weighted by Crippen LogP contribution is 2.42. The van der Waals surface area contributed by atoms with Gasteiger partial charge in [-0.25, -0.2) is 9.59 Å². The van der Waals surface area contributed by atoms with Gasteiger partial charge in [-0.2, -0.15) is 0 Å². The molecule has 3 heterocycles. The van der Waals surface area contributed by atoms with Crippen LogP contribution in [0.3, 0.4) is 0 Å². The third-order valence-corrected chi connectivity index (χ3v) is 9.71. The quantitative estimate of drug-likeness (QED) is 0.103. The average Bonchev–Trinajstić information content (AvgIpc) is 3.15. The molecule has 1 fully saturated rings. The van der Waals surface area contributed by atoms with E-state index in [9.17, 15) is 19.2 Å². The maximum atomic E-state index is 14.2. The molecule has 250 valence electrons. The minimum Gasteiger partial charge on any atom is -0.489 e. The van der Waals surface area contributed by atoms with Gasteiger partial charge in [0.25, 0.3) is 5.91 Å². The Morgan fingerprint density at radius 3 is 2.24 bits per heavy atom. The molecule has 0 radical (unpaired) electrons.